The molecule has 3 rings (SSSR count). The van der Waals surface area contributed by atoms with Crippen molar-refractivity contribution in [1.82, 2.24) is 9.80 Å². The molecule has 2 aliphatic rings. The summed E-state index contributed by atoms with van der Waals surface area (Å²) >= 11 is 5.54. The molecule has 0 aliphatic carbocycles. The van der Waals surface area contributed by atoms with Crippen LogP contribution in [0.4, 0.5) is 23.7 Å². The summed E-state index contributed by atoms with van der Waals surface area (Å²) in [6.45, 7) is 3.61. The molecule has 0 bridgehead atoms. The van der Waals surface area contributed by atoms with E-state index in [4.69, 9.17) is 27.3 Å². The van der Waals surface area contributed by atoms with E-state index in [1.807, 2.05) is 0 Å². The van der Waals surface area contributed by atoms with Gasteiger partial charge in [0.15, 0.2) is 5.11 Å². The summed E-state index contributed by atoms with van der Waals surface area (Å²) < 4.78 is 45.2. The lowest BCUT2D eigenvalue weighted by atomic mass is 9.96. The number of likely N-dealkylation sites (tertiary alicyclic amines) is 1. The number of ether oxygens (including phenoxy) is 1. The highest BCUT2D eigenvalue weighted by Gasteiger charge is 2.52. The highest BCUT2D eigenvalue weighted by Crippen LogP contribution is 2.39. The van der Waals surface area contributed by atoms with E-state index in [0.29, 0.717) is 25.9 Å². The third-order valence-electron chi connectivity index (χ3n) is 5.82. The van der Waals surface area contributed by atoms with Crippen molar-refractivity contribution in [3.05, 3.63) is 29.3 Å². The maximum atomic E-state index is 13.4. The topological polar surface area (TPSA) is 97.1 Å². The second-order valence-electron chi connectivity index (χ2n) is 8.25. The number of amides is 2. The van der Waals surface area contributed by atoms with Gasteiger partial charge in [-0.25, -0.2) is 4.79 Å². The van der Waals surface area contributed by atoms with Crippen LogP contribution < -0.4 is 4.90 Å². The first-order valence-corrected chi connectivity index (χ1v) is 10.7. The average molecular weight is 485 g/mol. The minimum atomic E-state index is -4.77. The molecule has 2 heterocycles. The summed E-state index contributed by atoms with van der Waals surface area (Å²) in [4.78, 5) is 29.5. The molecular formula is C21H23F3N4O4S. The van der Waals surface area contributed by atoms with Crippen molar-refractivity contribution in [2.45, 2.75) is 44.4 Å². The number of benzene rings is 1. The number of nitriles is 1. The maximum Gasteiger partial charge on any atom is 0.417 e. The smallest absolute Gasteiger partial charge is 0.417 e. The van der Waals surface area contributed by atoms with Gasteiger partial charge in [-0.3, -0.25) is 9.69 Å². The Morgan fingerprint density at radius 2 is 1.97 bits per heavy atom. The number of aliphatic hydroxyl groups is 1. The zero-order valence-corrected chi connectivity index (χ0v) is 18.9. The van der Waals surface area contributed by atoms with Crippen molar-refractivity contribution < 1.29 is 32.6 Å². The second kappa shape index (κ2) is 9.15. The predicted octanol–water partition coefficient (Wildman–Crippen LogP) is 2.88. The van der Waals surface area contributed by atoms with Gasteiger partial charge in [0.2, 0.25) is 0 Å². The van der Waals surface area contributed by atoms with Crippen LogP contribution in [0.25, 0.3) is 0 Å². The van der Waals surface area contributed by atoms with Gasteiger partial charge in [0.05, 0.1) is 29.5 Å². The molecule has 12 heteroatoms. The molecule has 2 aliphatic heterocycles. The number of aliphatic hydroxyl groups excluding tert-OH is 1. The summed E-state index contributed by atoms with van der Waals surface area (Å²) in [6, 6.07) is 4.37. The first-order valence-electron chi connectivity index (χ1n) is 10.2. The fourth-order valence-electron chi connectivity index (χ4n) is 4.18. The van der Waals surface area contributed by atoms with Crippen LogP contribution in [-0.4, -0.2) is 69.9 Å². The number of carbonyl (C=O) groups is 2. The van der Waals surface area contributed by atoms with Gasteiger partial charge in [0.1, 0.15) is 12.1 Å². The van der Waals surface area contributed by atoms with E-state index in [9.17, 15) is 22.8 Å². The molecule has 0 unspecified atom stereocenters. The number of thiocarbonyl (C=S) groups is 1. The summed E-state index contributed by atoms with van der Waals surface area (Å²) in [5.41, 5.74) is -2.85. The number of halogens is 3. The largest absolute Gasteiger partial charge is 0.447 e. The lowest BCUT2D eigenvalue weighted by Crippen LogP contribution is -2.54. The second-order valence-corrected chi connectivity index (χ2v) is 8.61. The number of hydrogen-bond donors (Lipinski definition) is 1. The van der Waals surface area contributed by atoms with Gasteiger partial charge in [0.25, 0.3) is 5.91 Å². The zero-order chi connectivity index (χ0) is 24.6. The van der Waals surface area contributed by atoms with Gasteiger partial charge in [-0.1, -0.05) is 0 Å². The average Bonchev–Trinajstić information content (AvgIpc) is 2.94. The van der Waals surface area contributed by atoms with Crippen molar-refractivity contribution in [2.75, 3.05) is 31.2 Å². The first-order chi connectivity index (χ1) is 15.4. The van der Waals surface area contributed by atoms with Gasteiger partial charge in [-0.15, -0.1) is 0 Å². The van der Waals surface area contributed by atoms with Crippen LogP contribution in [0.2, 0.25) is 0 Å². The molecule has 178 valence electrons. The van der Waals surface area contributed by atoms with Gasteiger partial charge >= 0.3 is 12.3 Å². The van der Waals surface area contributed by atoms with Crippen LogP contribution in [0.5, 0.6) is 0 Å². The number of anilines is 1. The summed E-state index contributed by atoms with van der Waals surface area (Å²) in [5.74, 6) is -0.477. The minimum absolute atomic E-state index is 0.0584. The third kappa shape index (κ3) is 4.60. The van der Waals surface area contributed by atoms with Crippen molar-refractivity contribution in [3.8, 4) is 6.07 Å². The van der Waals surface area contributed by atoms with Crippen molar-refractivity contribution in [3.63, 3.8) is 0 Å². The van der Waals surface area contributed by atoms with Crippen molar-refractivity contribution >= 4 is 35.0 Å². The molecule has 33 heavy (non-hydrogen) atoms. The summed E-state index contributed by atoms with van der Waals surface area (Å²) in [6.07, 6.45) is -4.36. The van der Waals surface area contributed by atoms with E-state index < -0.39 is 34.8 Å². The minimum Gasteiger partial charge on any atom is -0.447 e. The standard InChI is InChI=1S/C21H23F3N4O4S/c1-20(2)17(30)27(15-4-3-13(12-25)16(11-15)21(22,23)24)18(33)28(20)14-5-7-26(8-6-14)19(31)32-10-9-29/h3-4,11,14,29H,5-10H2,1-2H3. The molecule has 0 radical (unpaired) electrons. The van der Waals surface area contributed by atoms with Crippen molar-refractivity contribution in [1.29, 1.82) is 5.26 Å². The van der Waals surface area contributed by atoms with E-state index in [-0.39, 0.29) is 30.1 Å². The number of alkyl halides is 3. The maximum absolute atomic E-state index is 13.4. The van der Waals surface area contributed by atoms with E-state index in [1.165, 1.54) is 17.0 Å². The first kappa shape index (κ1) is 24.7. The zero-order valence-electron chi connectivity index (χ0n) is 18.1. The Morgan fingerprint density at radius 1 is 1.33 bits per heavy atom. The van der Waals surface area contributed by atoms with Crippen LogP contribution in [0, 0.1) is 11.3 Å². The highest BCUT2D eigenvalue weighted by atomic mass is 32.1. The molecule has 1 aromatic rings. The molecule has 0 atom stereocenters. The predicted molar refractivity (Wildman–Crippen MR) is 115 cm³/mol. The summed E-state index contributed by atoms with van der Waals surface area (Å²) in [5, 5.41) is 17.9. The number of nitrogens with zero attached hydrogens (tertiary/aromatic N) is 4. The molecule has 2 amide bonds. The van der Waals surface area contributed by atoms with E-state index in [0.717, 1.165) is 17.0 Å². The molecule has 8 nitrogen and oxygen atoms in total. The fourth-order valence-corrected chi connectivity index (χ4v) is 4.75. The van der Waals surface area contributed by atoms with Gasteiger partial charge in [-0.05, 0) is 57.1 Å². The SMILES string of the molecule is CC1(C)C(=O)N(c2ccc(C#N)c(C(F)(F)F)c2)C(=S)N1C1CCN(C(=O)OCCO)CC1. The van der Waals surface area contributed by atoms with Gasteiger partial charge in [-0.2, -0.15) is 18.4 Å². The van der Waals surface area contributed by atoms with Crippen molar-refractivity contribution in [2.24, 2.45) is 0 Å². The van der Waals surface area contributed by atoms with E-state index in [1.54, 1.807) is 18.7 Å². The lowest BCUT2D eigenvalue weighted by molar-refractivity contribution is -0.137. The summed E-state index contributed by atoms with van der Waals surface area (Å²) in [7, 11) is 0. The van der Waals surface area contributed by atoms with Crippen LogP contribution in [0.3, 0.4) is 0 Å². The Bertz CT molecular complexity index is 1000. The Kier molecular flexibility index (Phi) is 6.85. The van der Waals surface area contributed by atoms with Gasteiger partial charge < -0.3 is 19.6 Å². The van der Waals surface area contributed by atoms with Crippen LogP contribution in [0.1, 0.15) is 37.8 Å². The number of carbonyl (C=O) groups excluding carboxylic acids is 2. The Balaban J connectivity index is 1.84. The molecule has 1 aromatic carbocycles. The quantitative estimate of drug-likeness (QED) is 0.657. The van der Waals surface area contributed by atoms with Crippen LogP contribution in [-0.2, 0) is 15.7 Å². The third-order valence-corrected chi connectivity index (χ3v) is 6.20. The Morgan fingerprint density at radius 3 is 2.52 bits per heavy atom. The monoisotopic (exact) mass is 484 g/mol. The fraction of sp³-hybridized carbons (Fsp3) is 0.524. The normalized spacial score (nSPS) is 19.1. The van der Waals surface area contributed by atoms with E-state index >= 15 is 0 Å². The molecule has 2 saturated heterocycles. The van der Waals surface area contributed by atoms with Crippen LogP contribution >= 0.6 is 12.2 Å². The lowest BCUT2D eigenvalue weighted by Gasteiger charge is -2.41. The molecule has 0 spiro atoms. The highest BCUT2D eigenvalue weighted by molar-refractivity contribution is 7.80. The Labute approximate surface area is 194 Å². The molecule has 0 saturated carbocycles. The van der Waals surface area contributed by atoms with E-state index in [2.05, 4.69) is 0 Å². The number of rotatable bonds is 4. The van der Waals surface area contributed by atoms with Crippen LogP contribution in [0.15, 0.2) is 18.2 Å². The van der Waals surface area contributed by atoms with Gasteiger partial charge in [0, 0.05) is 19.1 Å². The molecule has 2 fully saturated rings. The molecular weight excluding hydrogens is 461 g/mol. The number of piperidine rings is 1. The Hall–Kier alpha value is -2.91. The number of hydrogen-bond acceptors (Lipinski definition) is 6. The molecule has 0 aromatic heterocycles. The molecule has 1 N–H and O–H groups in total.